The van der Waals surface area contributed by atoms with Gasteiger partial charge in [-0.05, 0) is 121 Å². The Labute approximate surface area is 193 Å². The molecule has 0 heteroatoms. The summed E-state index contributed by atoms with van der Waals surface area (Å²) in [5.41, 5.74) is 14.5. The molecule has 162 valence electrons. The number of allylic oxidation sites excluding steroid dienone is 2. The summed E-state index contributed by atoms with van der Waals surface area (Å²) in [5, 5.41) is 0. The number of hydrogen-bond acceptors (Lipinski definition) is 0. The lowest BCUT2D eigenvalue weighted by atomic mass is 9.85. The van der Waals surface area contributed by atoms with E-state index in [-0.39, 0.29) is 0 Å². The molecule has 0 N–H and O–H groups in total. The Bertz CT molecular complexity index is 1080. The molecule has 0 amide bonds. The fourth-order valence-corrected chi connectivity index (χ4v) is 5.65. The Kier molecular flexibility index (Phi) is 6.12. The minimum Gasteiger partial charge on any atom is -0.0614 e. The van der Waals surface area contributed by atoms with Crippen LogP contribution in [0.3, 0.4) is 0 Å². The van der Waals surface area contributed by atoms with Crippen LogP contribution in [0.1, 0.15) is 84.0 Å². The Morgan fingerprint density at radius 3 is 1.38 bits per heavy atom. The highest BCUT2D eigenvalue weighted by molar-refractivity contribution is 5.84. The van der Waals surface area contributed by atoms with Crippen LogP contribution >= 0.6 is 0 Å². The zero-order valence-electron chi connectivity index (χ0n) is 19.6. The van der Waals surface area contributed by atoms with E-state index in [1.165, 1.54) is 84.8 Å². The van der Waals surface area contributed by atoms with Crippen LogP contribution in [0.2, 0.25) is 0 Å². The third-order valence-corrected chi connectivity index (χ3v) is 7.34. The molecule has 0 spiro atoms. The van der Waals surface area contributed by atoms with E-state index in [2.05, 4.69) is 86.7 Å². The molecule has 0 nitrogen and oxygen atoms in total. The second kappa shape index (κ2) is 9.33. The van der Waals surface area contributed by atoms with Crippen LogP contribution in [0.5, 0.6) is 0 Å². The highest BCUT2D eigenvalue weighted by Crippen LogP contribution is 2.31. The lowest BCUT2D eigenvalue weighted by Gasteiger charge is -2.20. The number of rotatable bonds is 4. The zero-order chi connectivity index (χ0) is 21.9. The summed E-state index contributed by atoms with van der Waals surface area (Å²) < 4.78 is 0. The molecule has 3 aromatic carbocycles. The van der Waals surface area contributed by atoms with Gasteiger partial charge < -0.3 is 0 Å². The predicted octanol–water partition coefficient (Wildman–Crippen LogP) is 8.57. The normalized spacial score (nSPS) is 16.4. The lowest BCUT2D eigenvalue weighted by Crippen LogP contribution is -2.05. The van der Waals surface area contributed by atoms with E-state index < -0.39 is 0 Å². The van der Waals surface area contributed by atoms with Crippen molar-refractivity contribution in [2.75, 3.05) is 0 Å². The quantitative estimate of drug-likeness (QED) is 0.372. The molecular formula is C32H34. The molecule has 0 bridgehead atoms. The van der Waals surface area contributed by atoms with Crippen molar-refractivity contribution in [2.24, 2.45) is 0 Å². The molecule has 5 rings (SSSR count). The van der Waals surface area contributed by atoms with Gasteiger partial charge in [0.05, 0.1) is 0 Å². The largest absolute Gasteiger partial charge is 0.0614 e. The molecule has 0 radical (unpaired) electrons. The van der Waals surface area contributed by atoms with Crippen molar-refractivity contribution in [1.29, 1.82) is 0 Å². The summed E-state index contributed by atoms with van der Waals surface area (Å²) in [6.07, 6.45) is 14.9. The SMILES string of the molecule is CC(=Cc1ccc(C=C(C)c2cccc3c2CCCC3)cc1)c1cccc2c1CCCC2. The predicted molar refractivity (Wildman–Crippen MR) is 140 cm³/mol. The van der Waals surface area contributed by atoms with Crippen LogP contribution in [0.25, 0.3) is 23.3 Å². The standard InChI is InChI=1S/C32H34/c1-23(29-15-7-11-27-9-3-5-13-31(27)29)21-25-17-19-26(20-18-25)22-24(2)30-16-8-12-28-10-4-6-14-32(28)30/h7-8,11-12,15-22H,3-6,9-10,13-14H2,1-2H3. The van der Waals surface area contributed by atoms with Gasteiger partial charge in [-0.3, -0.25) is 0 Å². The van der Waals surface area contributed by atoms with E-state index in [9.17, 15) is 0 Å². The maximum atomic E-state index is 2.35. The highest BCUT2D eigenvalue weighted by Gasteiger charge is 2.14. The first-order chi connectivity index (χ1) is 15.7. The van der Waals surface area contributed by atoms with Gasteiger partial charge in [-0.2, -0.15) is 0 Å². The summed E-state index contributed by atoms with van der Waals surface area (Å²) in [5.74, 6) is 0. The minimum atomic E-state index is 1.23. The Morgan fingerprint density at radius 1 is 0.531 bits per heavy atom. The monoisotopic (exact) mass is 418 g/mol. The number of aryl methyl sites for hydroxylation is 2. The van der Waals surface area contributed by atoms with Crippen LogP contribution < -0.4 is 0 Å². The lowest BCUT2D eigenvalue weighted by molar-refractivity contribution is 0.684. The molecule has 0 aromatic heterocycles. The van der Waals surface area contributed by atoms with E-state index in [1.807, 2.05) is 0 Å². The van der Waals surface area contributed by atoms with Crippen LogP contribution in [-0.2, 0) is 25.7 Å². The summed E-state index contributed by atoms with van der Waals surface area (Å²) in [6.45, 7) is 4.53. The third-order valence-electron chi connectivity index (χ3n) is 7.34. The number of fused-ring (bicyclic) bond motifs is 2. The molecule has 32 heavy (non-hydrogen) atoms. The van der Waals surface area contributed by atoms with Gasteiger partial charge in [-0.1, -0.05) is 72.8 Å². The van der Waals surface area contributed by atoms with Crippen molar-refractivity contribution in [3.8, 4) is 0 Å². The average molecular weight is 419 g/mol. The van der Waals surface area contributed by atoms with Crippen molar-refractivity contribution >= 4 is 23.3 Å². The van der Waals surface area contributed by atoms with Gasteiger partial charge in [0.25, 0.3) is 0 Å². The molecule has 2 aliphatic rings. The zero-order valence-corrected chi connectivity index (χ0v) is 19.6. The molecule has 0 fully saturated rings. The van der Waals surface area contributed by atoms with Gasteiger partial charge in [0.2, 0.25) is 0 Å². The molecule has 0 heterocycles. The molecule has 0 atom stereocenters. The van der Waals surface area contributed by atoms with E-state index >= 15 is 0 Å². The van der Waals surface area contributed by atoms with E-state index in [1.54, 1.807) is 22.3 Å². The van der Waals surface area contributed by atoms with Crippen LogP contribution in [-0.4, -0.2) is 0 Å². The molecule has 2 aliphatic carbocycles. The van der Waals surface area contributed by atoms with Crippen molar-refractivity contribution in [3.05, 3.63) is 105 Å². The van der Waals surface area contributed by atoms with E-state index in [0.29, 0.717) is 0 Å². The van der Waals surface area contributed by atoms with Crippen LogP contribution in [0.15, 0.2) is 60.7 Å². The third kappa shape index (κ3) is 4.37. The van der Waals surface area contributed by atoms with Crippen molar-refractivity contribution in [3.63, 3.8) is 0 Å². The van der Waals surface area contributed by atoms with Crippen molar-refractivity contribution in [2.45, 2.75) is 65.2 Å². The maximum absolute atomic E-state index is 2.35. The molecule has 3 aromatic rings. The second-order valence-corrected chi connectivity index (χ2v) is 9.62. The molecule has 0 aliphatic heterocycles. The first-order valence-corrected chi connectivity index (χ1v) is 12.4. The van der Waals surface area contributed by atoms with Gasteiger partial charge in [0.15, 0.2) is 0 Å². The number of benzene rings is 3. The van der Waals surface area contributed by atoms with Gasteiger partial charge in [-0.15, -0.1) is 0 Å². The Hall–Kier alpha value is -2.86. The topological polar surface area (TPSA) is 0 Å². The van der Waals surface area contributed by atoms with Crippen molar-refractivity contribution < 1.29 is 0 Å². The van der Waals surface area contributed by atoms with E-state index in [0.717, 1.165) is 0 Å². The van der Waals surface area contributed by atoms with Gasteiger partial charge >= 0.3 is 0 Å². The van der Waals surface area contributed by atoms with Gasteiger partial charge in [0, 0.05) is 0 Å². The summed E-state index contributed by atoms with van der Waals surface area (Å²) in [6, 6.07) is 22.8. The van der Waals surface area contributed by atoms with Crippen LogP contribution in [0, 0.1) is 0 Å². The first-order valence-electron chi connectivity index (χ1n) is 12.4. The van der Waals surface area contributed by atoms with E-state index in [4.69, 9.17) is 0 Å². The summed E-state index contributed by atoms with van der Waals surface area (Å²) >= 11 is 0. The fourth-order valence-electron chi connectivity index (χ4n) is 5.65. The molecule has 0 saturated carbocycles. The van der Waals surface area contributed by atoms with Gasteiger partial charge in [-0.25, -0.2) is 0 Å². The molecular weight excluding hydrogens is 384 g/mol. The van der Waals surface area contributed by atoms with Gasteiger partial charge in [0.1, 0.15) is 0 Å². The fraction of sp³-hybridized carbons (Fsp3) is 0.312. The smallest absolute Gasteiger partial charge is 0.0192 e. The van der Waals surface area contributed by atoms with Crippen molar-refractivity contribution in [1.82, 2.24) is 0 Å². The highest BCUT2D eigenvalue weighted by atomic mass is 14.2. The number of hydrogen-bond donors (Lipinski definition) is 0. The first kappa shape index (κ1) is 21.0. The summed E-state index contributed by atoms with van der Waals surface area (Å²) in [4.78, 5) is 0. The Balaban J connectivity index is 1.38. The molecule has 0 saturated heterocycles. The van der Waals surface area contributed by atoms with Crippen LogP contribution in [0.4, 0.5) is 0 Å². The second-order valence-electron chi connectivity index (χ2n) is 9.62. The maximum Gasteiger partial charge on any atom is -0.0192 e. The average Bonchev–Trinajstić information content (AvgIpc) is 2.84. The minimum absolute atomic E-state index is 1.23. The molecule has 0 unspecified atom stereocenters. The Morgan fingerprint density at radius 2 is 0.938 bits per heavy atom. The summed E-state index contributed by atoms with van der Waals surface area (Å²) in [7, 11) is 0.